The van der Waals surface area contributed by atoms with Crippen LogP contribution in [0.4, 0.5) is 0 Å². The number of hydrogen-bond acceptors (Lipinski definition) is 3. The number of aryl methyl sites for hydroxylation is 1. The molecular formula is C18H23ClN2O. The quantitative estimate of drug-likeness (QED) is 0.689. The lowest BCUT2D eigenvalue weighted by Gasteiger charge is -2.15. The van der Waals surface area contributed by atoms with Crippen LogP contribution in [0.2, 0.25) is 5.15 Å². The maximum Gasteiger partial charge on any atom is 0.171 e. The van der Waals surface area contributed by atoms with Crippen molar-refractivity contribution in [2.45, 2.75) is 34.1 Å². The maximum atomic E-state index is 6.26. The molecular weight excluding hydrogens is 296 g/mol. The zero-order chi connectivity index (χ0) is 16.1. The van der Waals surface area contributed by atoms with E-state index in [4.69, 9.17) is 16.3 Å². The lowest BCUT2D eigenvalue weighted by molar-refractivity contribution is 0.238. The van der Waals surface area contributed by atoms with Gasteiger partial charge in [-0.1, -0.05) is 32.4 Å². The van der Waals surface area contributed by atoms with Crippen molar-refractivity contribution in [3.63, 3.8) is 0 Å². The van der Waals surface area contributed by atoms with E-state index in [-0.39, 0.29) is 0 Å². The van der Waals surface area contributed by atoms with Crippen LogP contribution >= 0.6 is 11.6 Å². The molecule has 0 N–H and O–H groups in total. The lowest BCUT2D eigenvalue weighted by Crippen LogP contribution is -2.11. The van der Waals surface area contributed by atoms with Crippen molar-refractivity contribution in [2.75, 3.05) is 6.61 Å². The van der Waals surface area contributed by atoms with Gasteiger partial charge in [0, 0.05) is 17.5 Å². The van der Waals surface area contributed by atoms with E-state index in [9.17, 15) is 0 Å². The number of rotatable bonds is 6. The van der Waals surface area contributed by atoms with Gasteiger partial charge in [-0.2, -0.15) is 0 Å². The van der Waals surface area contributed by atoms with Crippen LogP contribution in [0.5, 0.6) is 5.75 Å². The average Bonchev–Trinajstić information content (AvgIpc) is 2.45. The fraction of sp³-hybridized carbons (Fsp3) is 0.444. The van der Waals surface area contributed by atoms with E-state index in [1.54, 1.807) is 6.20 Å². The predicted molar refractivity (Wildman–Crippen MR) is 91.3 cm³/mol. The standard InChI is InChI=1S/C18H23ClN2O/c1-12(2)9-13(3)11-22-17-6-5-16(21-18(17)19)15-7-8-20-14(4)10-15/h5-8,10,12-13H,9,11H2,1-4H3/t13-/m0/s1. The van der Waals surface area contributed by atoms with E-state index < -0.39 is 0 Å². The van der Waals surface area contributed by atoms with Gasteiger partial charge >= 0.3 is 0 Å². The van der Waals surface area contributed by atoms with Gasteiger partial charge in [0.15, 0.2) is 10.9 Å². The molecule has 0 saturated heterocycles. The molecule has 0 amide bonds. The van der Waals surface area contributed by atoms with Gasteiger partial charge in [-0.3, -0.25) is 4.98 Å². The van der Waals surface area contributed by atoms with Gasteiger partial charge in [-0.15, -0.1) is 0 Å². The number of halogens is 1. The highest BCUT2D eigenvalue weighted by Crippen LogP contribution is 2.27. The molecule has 2 heterocycles. The van der Waals surface area contributed by atoms with Crippen LogP contribution in [0.25, 0.3) is 11.3 Å². The van der Waals surface area contributed by atoms with Crippen molar-refractivity contribution < 1.29 is 4.74 Å². The fourth-order valence-corrected chi connectivity index (χ4v) is 2.71. The molecule has 2 aromatic rings. The summed E-state index contributed by atoms with van der Waals surface area (Å²) in [5, 5.41) is 0.406. The van der Waals surface area contributed by atoms with E-state index in [1.165, 1.54) is 0 Å². The van der Waals surface area contributed by atoms with Crippen LogP contribution in [-0.4, -0.2) is 16.6 Å². The van der Waals surface area contributed by atoms with Crippen molar-refractivity contribution in [1.82, 2.24) is 9.97 Å². The molecule has 0 aromatic carbocycles. The molecule has 2 aromatic heterocycles. The van der Waals surface area contributed by atoms with Crippen LogP contribution in [-0.2, 0) is 0 Å². The Labute approximate surface area is 137 Å². The Morgan fingerprint density at radius 1 is 1.18 bits per heavy atom. The van der Waals surface area contributed by atoms with Crippen LogP contribution in [0.15, 0.2) is 30.5 Å². The Hall–Kier alpha value is -1.61. The third-order valence-corrected chi connectivity index (χ3v) is 3.67. The number of ether oxygens (including phenoxy) is 1. The summed E-state index contributed by atoms with van der Waals surface area (Å²) in [5.74, 6) is 1.81. The molecule has 4 heteroatoms. The summed E-state index contributed by atoms with van der Waals surface area (Å²) < 4.78 is 5.81. The Balaban J connectivity index is 2.07. The molecule has 0 aliphatic rings. The molecule has 0 spiro atoms. The Morgan fingerprint density at radius 3 is 2.59 bits per heavy atom. The predicted octanol–water partition coefficient (Wildman–Crippen LogP) is 5.17. The number of nitrogens with zero attached hydrogens (tertiary/aromatic N) is 2. The number of pyridine rings is 2. The van der Waals surface area contributed by atoms with Crippen molar-refractivity contribution >= 4 is 11.6 Å². The molecule has 0 bridgehead atoms. The molecule has 1 atom stereocenters. The van der Waals surface area contributed by atoms with Crippen molar-refractivity contribution in [3.8, 4) is 17.0 Å². The third-order valence-electron chi connectivity index (χ3n) is 3.40. The van der Waals surface area contributed by atoms with E-state index in [2.05, 4.69) is 30.7 Å². The molecule has 22 heavy (non-hydrogen) atoms. The second kappa shape index (κ2) is 7.59. The molecule has 2 rings (SSSR count). The van der Waals surface area contributed by atoms with Gasteiger partial charge < -0.3 is 4.74 Å². The summed E-state index contributed by atoms with van der Waals surface area (Å²) in [4.78, 5) is 8.63. The first-order valence-corrected chi connectivity index (χ1v) is 8.06. The first-order chi connectivity index (χ1) is 10.5. The van der Waals surface area contributed by atoms with Crippen LogP contribution in [0.3, 0.4) is 0 Å². The van der Waals surface area contributed by atoms with Crippen LogP contribution in [0.1, 0.15) is 32.9 Å². The van der Waals surface area contributed by atoms with Gasteiger partial charge in [-0.05, 0) is 49.4 Å². The fourth-order valence-electron chi connectivity index (χ4n) is 2.50. The molecule has 0 radical (unpaired) electrons. The molecule has 0 saturated carbocycles. The molecule has 0 unspecified atom stereocenters. The highest BCUT2D eigenvalue weighted by Gasteiger charge is 2.10. The van der Waals surface area contributed by atoms with Gasteiger partial charge in [0.05, 0.1) is 12.3 Å². The summed E-state index contributed by atoms with van der Waals surface area (Å²) in [7, 11) is 0. The minimum absolute atomic E-state index is 0.406. The third kappa shape index (κ3) is 4.70. The smallest absolute Gasteiger partial charge is 0.171 e. The van der Waals surface area contributed by atoms with E-state index in [1.807, 2.05) is 31.2 Å². The second-order valence-electron chi connectivity index (χ2n) is 6.22. The van der Waals surface area contributed by atoms with E-state index >= 15 is 0 Å². The first kappa shape index (κ1) is 16.8. The molecule has 0 fully saturated rings. The van der Waals surface area contributed by atoms with E-state index in [0.717, 1.165) is 23.4 Å². The van der Waals surface area contributed by atoms with Gasteiger partial charge in [-0.25, -0.2) is 4.98 Å². The number of hydrogen-bond donors (Lipinski definition) is 0. The summed E-state index contributed by atoms with van der Waals surface area (Å²) in [6.45, 7) is 9.24. The minimum atomic E-state index is 0.406. The molecule has 118 valence electrons. The molecule has 0 aliphatic carbocycles. The van der Waals surface area contributed by atoms with Crippen molar-refractivity contribution in [1.29, 1.82) is 0 Å². The van der Waals surface area contributed by atoms with Crippen molar-refractivity contribution in [2.24, 2.45) is 11.8 Å². The number of aromatic nitrogens is 2. The highest BCUT2D eigenvalue weighted by molar-refractivity contribution is 6.30. The molecule has 3 nitrogen and oxygen atoms in total. The minimum Gasteiger partial charge on any atom is -0.490 e. The SMILES string of the molecule is Cc1cc(-c2ccc(OC[C@@H](C)CC(C)C)c(Cl)n2)ccn1. The van der Waals surface area contributed by atoms with Crippen molar-refractivity contribution in [3.05, 3.63) is 41.3 Å². The molecule has 0 aliphatic heterocycles. The van der Waals surface area contributed by atoms with Gasteiger partial charge in [0.1, 0.15) is 0 Å². The Bertz CT molecular complexity index is 628. The zero-order valence-corrected chi connectivity index (χ0v) is 14.4. The maximum absolute atomic E-state index is 6.26. The summed E-state index contributed by atoms with van der Waals surface area (Å²) in [6.07, 6.45) is 2.91. The monoisotopic (exact) mass is 318 g/mol. The highest BCUT2D eigenvalue weighted by atomic mass is 35.5. The summed E-state index contributed by atoms with van der Waals surface area (Å²) in [5.41, 5.74) is 2.80. The lowest BCUT2D eigenvalue weighted by atomic mass is 10.00. The first-order valence-electron chi connectivity index (χ1n) is 7.68. The summed E-state index contributed by atoms with van der Waals surface area (Å²) >= 11 is 6.26. The average molecular weight is 319 g/mol. The van der Waals surface area contributed by atoms with Gasteiger partial charge in [0.25, 0.3) is 0 Å². The van der Waals surface area contributed by atoms with E-state index in [0.29, 0.717) is 29.3 Å². The topological polar surface area (TPSA) is 35.0 Å². The Morgan fingerprint density at radius 2 is 1.95 bits per heavy atom. The van der Waals surface area contributed by atoms with Crippen LogP contribution in [0, 0.1) is 18.8 Å². The Kier molecular flexibility index (Phi) is 5.78. The summed E-state index contributed by atoms with van der Waals surface area (Å²) in [6, 6.07) is 7.74. The largest absolute Gasteiger partial charge is 0.490 e. The zero-order valence-electron chi connectivity index (χ0n) is 13.6. The van der Waals surface area contributed by atoms with Crippen LogP contribution < -0.4 is 4.74 Å². The normalized spacial score (nSPS) is 12.5. The van der Waals surface area contributed by atoms with Gasteiger partial charge in [0.2, 0.25) is 0 Å². The second-order valence-corrected chi connectivity index (χ2v) is 6.58.